The van der Waals surface area contributed by atoms with E-state index >= 15 is 0 Å². The molecule has 0 saturated carbocycles. The predicted molar refractivity (Wildman–Crippen MR) is 98.1 cm³/mol. The molecule has 1 aromatic heterocycles. The van der Waals surface area contributed by atoms with Crippen molar-refractivity contribution in [1.29, 1.82) is 0 Å². The fourth-order valence-corrected chi connectivity index (χ4v) is 4.65. The maximum Gasteiger partial charge on any atom is 0.256 e. The van der Waals surface area contributed by atoms with Gasteiger partial charge in [0, 0.05) is 35.9 Å². The topological polar surface area (TPSA) is 33.2 Å². The van der Waals surface area contributed by atoms with Crippen molar-refractivity contribution in [1.82, 2.24) is 9.88 Å². The monoisotopic (exact) mass is 380 g/mol. The van der Waals surface area contributed by atoms with E-state index in [1.165, 1.54) is 23.9 Å². The fraction of sp³-hybridized carbons (Fsp3) is 0.333. The minimum Gasteiger partial charge on any atom is -0.338 e. The van der Waals surface area contributed by atoms with Crippen LogP contribution in [0.5, 0.6) is 0 Å². The van der Waals surface area contributed by atoms with Gasteiger partial charge in [0.1, 0.15) is 16.7 Å². The number of nitrogens with zero attached hydrogens (tertiary/aromatic N) is 2. The third kappa shape index (κ3) is 4.15. The summed E-state index contributed by atoms with van der Waals surface area (Å²) < 4.78 is 27.5. The smallest absolute Gasteiger partial charge is 0.256 e. The average Bonchev–Trinajstić information content (AvgIpc) is 2.89. The number of amides is 1. The van der Waals surface area contributed by atoms with Crippen LogP contribution in [-0.2, 0) is 0 Å². The van der Waals surface area contributed by atoms with Crippen LogP contribution in [0.1, 0.15) is 27.6 Å². The Balaban J connectivity index is 1.75. The minimum atomic E-state index is -0.436. The van der Waals surface area contributed by atoms with Gasteiger partial charge in [-0.15, -0.1) is 11.8 Å². The van der Waals surface area contributed by atoms with Crippen molar-refractivity contribution in [3.8, 4) is 0 Å². The van der Waals surface area contributed by atoms with Gasteiger partial charge in [0.2, 0.25) is 0 Å². The van der Waals surface area contributed by atoms with Crippen LogP contribution in [0, 0.1) is 11.6 Å². The Bertz CT molecular complexity index is 772. The Hall–Kier alpha value is -1.60. The lowest BCUT2D eigenvalue weighted by Crippen LogP contribution is -2.33. The molecule has 3 nitrogen and oxygen atoms in total. The van der Waals surface area contributed by atoms with E-state index in [4.69, 9.17) is 0 Å². The van der Waals surface area contributed by atoms with Gasteiger partial charge in [0.15, 0.2) is 0 Å². The molecule has 2 heterocycles. The van der Waals surface area contributed by atoms with Gasteiger partial charge in [0.25, 0.3) is 5.91 Å². The summed E-state index contributed by atoms with van der Waals surface area (Å²) in [5.41, 5.74) is 0.973. The van der Waals surface area contributed by atoms with Gasteiger partial charge < -0.3 is 4.90 Å². The number of rotatable bonds is 3. The summed E-state index contributed by atoms with van der Waals surface area (Å²) in [6.45, 7) is 1.09. The lowest BCUT2D eigenvalue weighted by molar-refractivity contribution is 0.0762. The molecule has 1 aliphatic rings. The maximum atomic E-state index is 14.0. The number of hydrogen-bond acceptors (Lipinski definition) is 4. The van der Waals surface area contributed by atoms with Crippen LogP contribution < -0.4 is 0 Å². The van der Waals surface area contributed by atoms with Crippen molar-refractivity contribution < 1.29 is 13.6 Å². The number of carbonyl (C=O) groups excluding carboxylic acids is 1. The number of pyridine rings is 1. The van der Waals surface area contributed by atoms with Crippen LogP contribution in [0.2, 0.25) is 0 Å². The standard InChI is InChI=1S/C18H18F2N2OS2/c1-24-17-13(3-2-7-21-17)18(23)22-8-6-16(25-10-9-22)14-11-12(19)4-5-15(14)20/h2-5,7,11,16H,6,8-10H2,1H3/t16-/m1/s1. The van der Waals surface area contributed by atoms with E-state index in [0.29, 0.717) is 41.4 Å². The third-order valence-electron chi connectivity index (χ3n) is 4.13. The second-order valence-corrected chi connectivity index (χ2v) is 7.77. The highest BCUT2D eigenvalue weighted by atomic mass is 32.2. The molecule has 0 bridgehead atoms. The summed E-state index contributed by atoms with van der Waals surface area (Å²) in [5.74, 6) is -0.204. The second kappa shape index (κ2) is 8.19. The first-order valence-electron chi connectivity index (χ1n) is 7.95. The van der Waals surface area contributed by atoms with Gasteiger partial charge in [0.05, 0.1) is 5.56 Å². The number of benzene rings is 1. The average molecular weight is 380 g/mol. The van der Waals surface area contributed by atoms with Gasteiger partial charge in [-0.2, -0.15) is 11.8 Å². The molecule has 0 radical (unpaired) electrons. The SMILES string of the molecule is CSc1ncccc1C(=O)N1CCS[C@@H](c2cc(F)ccc2F)CC1. The van der Waals surface area contributed by atoms with Crippen LogP contribution >= 0.6 is 23.5 Å². The van der Waals surface area contributed by atoms with Gasteiger partial charge in [-0.1, -0.05) is 0 Å². The van der Waals surface area contributed by atoms with Crippen LogP contribution in [0.4, 0.5) is 8.78 Å². The number of halogens is 2. The number of carbonyl (C=O) groups is 1. The Kier molecular flexibility index (Phi) is 5.96. The third-order valence-corrected chi connectivity index (χ3v) is 6.15. The zero-order chi connectivity index (χ0) is 17.8. The Morgan fingerprint density at radius 3 is 2.96 bits per heavy atom. The van der Waals surface area contributed by atoms with Crippen molar-refractivity contribution in [3.05, 3.63) is 59.3 Å². The highest BCUT2D eigenvalue weighted by molar-refractivity contribution is 7.99. The van der Waals surface area contributed by atoms with Crippen molar-refractivity contribution in [2.75, 3.05) is 25.1 Å². The van der Waals surface area contributed by atoms with Crippen molar-refractivity contribution in [2.24, 2.45) is 0 Å². The Morgan fingerprint density at radius 1 is 1.32 bits per heavy atom. The van der Waals surface area contributed by atoms with Crippen LogP contribution in [0.15, 0.2) is 41.6 Å². The summed E-state index contributed by atoms with van der Waals surface area (Å²) in [5, 5.41) is 0.555. The molecule has 0 aliphatic carbocycles. The second-order valence-electron chi connectivity index (χ2n) is 5.67. The van der Waals surface area contributed by atoms with E-state index < -0.39 is 11.6 Å². The molecule has 1 aliphatic heterocycles. The highest BCUT2D eigenvalue weighted by Crippen LogP contribution is 2.36. The first kappa shape index (κ1) is 18.2. The highest BCUT2D eigenvalue weighted by Gasteiger charge is 2.26. The van der Waals surface area contributed by atoms with Crippen LogP contribution in [0.3, 0.4) is 0 Å². The lowest BCUT2D eigenvalue weighted by atomic mass is 10.1. The Morgan fingerprint density at radius 2 is 2.16 bits per heavy atom. The molecule has 2 aromatic rings. The quantitative estimate of drug-likeness (QED) is 0.739. The molecule has 1 aromatic carbocycles. The molecule has 3 rings (SSSR count). The maximum absolute atomic E-state index is 14.0. The van der Waals surface area contributed by atoms with Crippen LogP contribution in [0.25, 0.3) is 0 Å². The van der Waals surface area contributed by atoms with Crippen molar-refractivity contribution in [3.63, 3.8) is 0 Å². The van der Waals surface area contributed by atoms with Crippen LogP contribution in [-0.4, -0.2) is 40.9 Å². The van der Waals surface area contributed by atoms with Gasteiger partial charge >= 0.3 is 0 Å². The normalized spacial score (nSPS) is 18.0. The molecular weight excluding hydrogens is 362 g/mol. The fourth-order valence-electron chi connectivity index (χ4n) is 2.87. The molecule has 132 valence electrons. The Labute approximate surface area is 154 Å². The molecule has 7 heteroatoms. The van der Waals surface area contributed by atoms with Crippen molar-refractivity contribution >= 4 is 29.4 Å². The molecule has 1 saturated heterocycles. The zero-order valence-electron chi connectivity index (χ0n) is 13.7. The number of aromatic nitrogens is 1. The predicted octanol–water partition coefficient (Wildman–Crippen LogP) is 4.40. The summed E-state index contributed by atoms with van der Waals surface area (Å²) in [4.78, 5) is 18.8. The molecule has 25 heavy (non-hydrogen) atoms. The van der Waals surface area contributed by atoms with E-state index in [0.717, 1.165) is 6.07 Å². The summed E-state index contributed by atoms with van der Waals surface area (Å²) in [6, 6.07) is 7.09. The summed E-state index contributed by atoms with van der Waals surface area (Å²) in [7, 11) is 0. The molecule has 0 spiro atoms. The number of hydrogen-bond donors (Lipinski definition) is 0. The van der Waals surface area contributed by atoms with E-state index in [1.54, 1.807) is 35.0 Å². The van der Waals surface area contributed by atoms with Gasteiger partial charge in [-0.05, 0) is 43.0 Å². The molecule has 1 atom stereocenters. The molecule has 1 fully saturated rings. The lowest BCUT2D eigenvalue weighted by Gasteiger charge is -2.21. The number of thioether (sulfide) groups is 2. The van der Waals surface area contributed by atoms with Gasteiger partial charge in [-0.3, -0.25) is 4.79 Å². The van der Waals surface area contributed by atoms with E-state index in [-0.39, 0.29) is 11.2 Å². The molecule has 0 unspecified atom stereocenters. The summed E-state index contributed by atoms with van der Waals surface area (Å²) in [6.07, 6.45) is 4.15. The van der Waals surface area contributed by atoms with E-state index in [2.05, 4.69) is 4.98 Å². The van der Waals surface area contributed by atoms with E-state index in [9.17, 15) is 13.6 Å². The molecule has 0 N–H and O–H groups in total. The summed E-state index contributed by atoms with van der Waals surface area (Å²) >= 11 is 3.00. The minimum absolute atomic E-state index is 0.0570. The van der Waals surface area contributed by atoms with E-state index in [1.807, 2.05) is 6.26 Å². The molecular formula is C18H18F2N2OS2. The molecule has 1 amide bonds. The zero-order valence-corrected chi connectivity index (χ0v) is 15.4. The van der Waals surface area contributed by atoms with Gasteiger partial charge in [-0.25, -0.2) is 13.8 Å². The first-order valence-corrected chi connectivity index (χ1v) is 10.2. The van der Waals surface area contributed by atoms with Crippen molar-refractivity contribution in [2.45, 2.75) is 16.7 Å². The first-order chi connectivity index (χ1) is 12.1. The largest absolute Gasteiger partial charge is 0.338 e.